The lowest BCUT2D eigenvalue weighted by Gasteiger charge is -2.21. The van der Waals surface area contributed by atoms with Crippen molar-refractivity contribution in [1.82, 2.24) is 0 Å². The van der Waals surface area contributed by atoms with Crippen LogP contribution in [-0.4, -0.2) is 16.8 Å². The third kappa shape index (κ3) is 4.17. The van der Waals surface area contributed by atoms with Crippen LogP contribution in [0.2, 0.25) is 0 Å². The van der Waals surface area contributed by atoms with Gasteiger partial charge in [0.05, 0.1) is 0 Å². The van der Waals surface area contributed by atoms with Gasteiger partial charge in [-0.15, -0.1) is 0 Å². The number of carbonyl (C=O) groups is 1. The second kappa shape index (κ2) is 5.69. The first kappa shape index (κ1) is 11.1. The summed E-state index contributed by atoms with van der Waals surface area (Å²) in [6.07, 6.45) is 5.30. The molecule has 0 aromatic carbocycles. The van der Waals surface area contributed by atoms with Crippen LogP contribution in [0, 0.1) is 5.92 Å². The summed E-state index contributed by atoms with van der Waals surface area (Å²) in [4.78, 5) is 11.2. The van der Waals surface area contributed by atoms with E-state index in [1.54, 1.807) is 0 Å². The SMILES string of the molecule is CCC(C)CSC1CCCC(=O)C1. The summed E-state index contributed by atoms with van der Waals surface area (Å²) >= 11 is 2.01. The van der Waals surface area contributed by atoms with Crippen LogP contribution in [0.5, 0.6) is 0 Å². The molecule has 0 N–H and O–H groups in total. The Morgan fingerprint density at radius 1 is 1.62 bits per heavy atom. The van der Waals surface area contributed by atoms with E-state index in [0.717, 1.165) is 25.2 Å². The van der Waals surface area contributed by atoms with E-state index >= 15 is 0 Å². The summed E-state index contributed by atoms with van der Waals surface area (Å²) in [6.45, 7) is 4.52. The Morgan fingerprint density at radius 3 is 3.00 bits per heavy atom. The van der Waals surface area contributed by atoms with Gasteiger partial charge in [-0.2, -0.15) is 11.8 Å². The van der Waals surface area contributed by atoms with E-state index in [1.807, 2.05) is 11.8 Å². The minimum absolute atomic E-state index is 0.480. The highest BCUT2D eigenvalue weighted by molar-refractivity contribution is 7.99. The summed E-state index contributed by atoms with van der Waals surface area (Å²) in [5, 5.41) is 0.634. The van der Waals surface area contributed by atoms with Gasteiger partial charge in [0.1, 0.15) is 5.78 Å². The Hall–Kier alpha value is 0.0200. The van der Waals surface area contributed by atoms with Crippen molar-refractivity contribution >= 4 is 17.5 Å². The molecule has 1 nitrogen and oxygen atoms in total. The zero-order chi connectivity index (χ0) is 9.68. The van der Waals surface area contributed by atoms with E-state index in [0.29, 0.717) is 11.0 Å². The summed E-state index contributed by atoms with van der Waals surface area (Å²) in [6, 6.07) is 0. The van der Waals surface area contributed by atoms with Gasteiger partial charge in [0.15, 0.2) is 0 Å². The van der Waals surface area contributed by atoms with E-state index in [-0.39, 0.29) is 0 Å². The predicted molar refractivity (Wildman–Crippen MR) is 59.2 cm³/mol. The molecule has 0 amide bonds. The van der Waals surface area contributed by atoms with Crippen molar-refractivity contribution in [2.24, 2.45) is 5.92 Å². The first-order chi connectivity index (χ1) is 6.22. The minimum Gasteiger partial charge on any atom is -0.300 e. The largest absolute Gasteiger partial charge is 0.300 e. The first-order valence-electron chi connectivity index (χ1n) is 5.35. The fourth-order valence-corrected chi connectivity index (χ4v) is 3.02. The molecule has 2 atom stereocenters. The molecule has 76 valence electrons. The maximum atomic E-state index is 11.2. The number of Topliss-reactive ketones (excluding diaryl/α,β-unsaturated/α-hetero) is 1. The quantitative estimate of drug-likeness (QED) is 0.693. The van der Waals surface area contributed by atoms with E-state index in [4.69, 9.17) is 0 Å². The second-order valence-electron chi connectivity index (χ2n) is 4.10. The zero-order valence-corrected chi connectivity index (χ0v) is 9.53. The molecular weight excluding hydrogens is 180 g/mol. The molecule has 0 heterocycles. The number of ketones is 1. The van der Waals surface area contributed by atoms with Crippen molar-refractivity contribution in [2.45, 2.75) is 51.2 Å². The van der Waals surface area contributed by atoms with Crippen molar-refractivity contribution in [3.8, 4) is 0 Å². The molecule has 0 bridgehead atoms. The van der Waals surface area contributed by atoms with E-state index in [1.165, 1.54) is 18.6 Å². The standard InChI is InChI=1S/C11H20OS/c1-3-9(2)8-13-11-6-4-5-10(12)7-11/h9,11H,3-8H2,1-2H3. The minimum atomic E-state index is 0.480. The third-order valence-corrected chi connectivity index (χ3v) is 4.39. The summed E-state index contributed by atoms with van der Waals surface area (Å²) in [5.41, 5.74) is 0. The molecule has 1 aliphatic carbocycles. The van der Waals surface area contributed by atoms with Gasteiger partial charge in [0.25, 0.3) is 0 Å². The fraction of sp³-hybridized carbons (Fsp3) is 0.909. The molecule has 2 heteroatoms. The third-order valence-electron chi connectivity index (χ3n) is 2.75. The molecule has 0 spiro atoms. The van der Waals surface area contributed by atoms with Gasteiger partial charge in [0.2, 0.25) is 0 Å². The van der Waals surface area contributed by atoms with Gasteiger partial charge in [0, 0.05) is 18.1 Å². The van der Waals surface area contributed by atoms with Crippen LogP contribution >= 0.6 is 11.8 Å². The van der Waals surface area contributed by atoms with Crippen molar-refractivity contribution in [3.63, 3.8) is 0 Å². The van der Waals surface area contributed by atoms with Gasteiger partial charge in [-0.25, -0.2) is 0 Å². The van der Waals surface area contributed by atoms with Gasteiger partial charge < -0.3 is 0 Å². The molecule has 1 saturated carbocycles. The average Bonchev–Trinajstić information content (AvgIpc) is 2.14. The average molecular weight is 200 g/mol. The molecule has 1 rings (SSSR count). The topological polar surface area (TPSA) is 17.1 Å². The lowest BCUT2D eigenvalue weighted by Crippen LogP contribution is -2.18. The van der Waals surface area contributed by atoms with Crippen LogP contribution < -0.4 is 0 Å². The highest BCUT2D eigenvalue weighted by atomic mass is 32.2. The maximum Gasteiger partial charge on any atom is 0.134 e. The molecule has 0 aromatic rings. The monoisotopic (exact) mass is 200 g/mol. The molecule has 0 aromatic heterocycles. The lowest BCUT2D eigenvalue weighted by atomic mass is 9.99. The molecule has 1 aliphatic rings. The van der Waals surface area contributed by atoms with Gasteiger partial charge in [-0.05, 0) is 24.5 Å². The highest BCUT2D eigenvalue weighted by Crippen LogP contribution is 2.28. The molecule has 0 aliphatic heterocycles. The molecule has 0 radical (unpaired) electrons. The summed E-state index contributed by atoms with van der Waals surface area (Å²) < 4.78 is 0. The van der Waals surface area contributed by atoms with Crippen LogP contribution in [0.1, 0.15) is 46.0 Å². The van der Waals surface area contributed by atoms with E-state index in [9.17, 15) is 4.79 Å². The van der Waals surface area contributed by atoms with Crippen molar-refractivity contribution in [3.05, 3.63) is 0 Å². The predicted octanol–water partition coefficient (Wildman–Crippen LogP) is 3.28. The van der Waals surface area contributed by atoms with Crippen LogP contribution in [0.25, 0.3) is 0 Å². The maximum absolute atomic E-state index is 11.2. The van der Waals surface area contributed by atoms with Crippen LogP contribution in [0.4, 0.5) is 0 Å². The normalized spacial score (nSPS) is 26.0. The number of thioether (sulfide) groups is 1. The molecule has 1 fully saturated rings. The van der Waals surface area contributed by atoms with Crippen LogP contribution in [0.15, 0.2) is 0 Å². The summed E-state index contributed by atoms with van der Waals surface area (Å²) in [5.74, 6) is 2.52. The Morgan fingerprint density at radius 2 is 2.38 bits per heavy atom. The van der Waals surface area contributed by atoms with Gasteiger partial charge >= 0.3 is 0 Å². The zero-order valence-electron chi connectivity index (χ0n) is 8.71. The Balaban J connectivity index is 2.17. The summed E-state index contributed by atoms with van der Waals surface area (Å²) in [7, 11) is 0. The number of hydrogen-bond acceptors (Lipinski definition) is 2. The number of carbonyl (C=O) groups excluding carboxylic acids is 1. The number of hydrogen-bond donors (Lipinski definition) is 0. The second-order valence-corrected chi connectivity index (χ2v) is 5.44. The number of rotatable bonds is 4. The lowest BCUT2D eigenvalue weighted by molar-refractivity contribution is -0.120. The first-order valence-corrected chi connectivity index (χ1v) is 6.40. The van der Waals surface area contributed by atoms with E-state index < -0.39 is 0 Å². The Kier molecular flexibility index (Phi) is 4.86. The molecular formula is C11H20OS. The van der Waals surface area contributed by atoms with Crippen molar-refractivity contribution in [1.29, 1.82) is 0 Å². The Bertz CT molecular complexity index is 167. The van der Waals surface area contributed by atoms with Gasteiger partial charge in [-0.1, -0.05) is 20.3 Å². The van der Waals surface area contributed by atoms with Crippen LogP contribution in [0.3, 0.4) is 0 Å². The fourth-order valence-electron chi connectivity index (χ4n) is 1.55. The van der Waals surface area contributed by atoms with E-state index in [2.05, 4.69) is 13.8 Å². The van der Waals surface area contributed by atoms with Crippen molar-refractivity contribution < 1.29 is 4.79 Å². The van der Waals surface area contributed by atoms with Crippen LogP contribution in [-0.2, 0) is 4.79 Å². The van der Waals surface area contributed by atoms with Gasteiger partial charge in [-0.3, -0.25) is 4.79 Å². The highest BCUT2D eigenvalue weighted by Gasteiger charge is 2.19. The molecule has 2 unspecified atom stereocenters. The molecule has 13 heavy (non-hydrogen) atoms. The smallest absolute Gasteiger partial charge is 0.134 e. The van der Waals surface area contributed by atoms with Crippen molar-refractivity contribution in [2.75, 3.05) is 5.75 Å². The molecule has 0 saturated heterocycles. The Labute approximate surface area is 85.7 Å².